The average molecular weight is 162 g/mol. The van der Waals surface area contributed by atoms with Crippen LogP contribution in [0.5, 0.6) is 0 Å². The van der Waals surface area contributed by atoms with Crippen molar-refractivity contribution in [3.05, 3.63) is 23.8 Å². The second-order valence-corrected chi connectivity index (χ2v) is 3.32. The smallest absolute Gasteiger partial charge is 0.132 e. The summed E-state index contributed by atoms with van der Waals surface area (Å²) in [7, 11) is 0. The summed E-state index contributed by atoms with van der Waals surface area (Å²) in [6.45, 7) is 1.91. The minimum atomic E-state index is -0.256. The van der Waals surface area contributed by atoms with Crippen molar-refractivity contribution in [1.82, 2.24) is 9.97 Å². The van der Waals surface area contributed by atoms with Gasteiger partial charge in [-0.25, -0.2) is 9.97 Å². The Hall–Kier alpha value is -1.25. The Kier molecular flexibility index (Phi) is 1.46. The van der Waals surface area contributed by atoms with Crippen molar-refractivity contribution in [3.63, 3.8) is 0 Å². The van der Waals surface area contributed by atoms with Gasteiger partial charge in [-0.15, -0.1) is 0 Å². The molecule has 1 fully saturated rings. The van der Waals surface area contributed by atoms with Gasteiger partial charge in [0.15, 0.2) is 0 Å². The predicted octanol–water partition coefficient (Wildman–Crippen LogP) is 1.02. The van der Waals surface area contributed by atoms with Gasteiger partial charge in [0, 0.05) is 5.69 Å². The number of carbonyl (C=O) groups excluding carboxylic acids is 1. The van der Waals surface area contributed by atoms with Crippen LogP contribution in [0.2, 0.25) is 0 Å². The third kappa shape index (κ3) is 1.02. The number of hydrogen-bond donors (Lipinski definition) is 0. The number of aromatic nitrogens is 2. The van der Waals surface area contributed by atoms with Crippen molar-refractivity contribution in [2.45, 2.75) is 25.2 Å². The summed E-state index contributed by atoms with van der Waals surface area (Å²) in [5.41, 5.74) is 1.55. The first kappa shape index (κ1) is 7.40. The molecule has 0 spiro atoms. The van der Waals surface area contributed by atoms with Crippen LogP contribution in [0.15, 0.2) is 12.4 Å². The first-order chi connectivity index (χ1) is 5.77. The van der Waals surface area contributed by atoms with Crippen LogP contribution >= 0.6 is 0 Å². The number of aryl methyl sites for hydroxylation is 1. The summed E-state index contributed by atoms with van der Waals surface area (Å²) in [6, 6.07) is 1.89. The van der Waals surface area contributed by atoms with Crippen LogP contribution in [0.25, 0.3) is 0 Å². The van der Waals surface area contributed by atoms with E-state index >= 15 is 0 Å². The Morgan fingerprint density at radius 3 is 2.75 bits per heavy atom. The van der Waals surface area contributed by atoms with Gasteiger partial charge in [-0.2, -0.15) is 0 Å². The van der Waals surface area contributed by atoms with Crippen molar-refractivity contribution < 1.29 is 4.79 Å². The van der Waals surface area contributed by atoms with Crippen molar-refractivity contribution in [2.75, 3.05) is 0 Å². The van der Waals surface area contributed by atoms with Gasteiger partial charge in [0.1, 0.15) is 12.6 Å². The number of hydrogen-bond acceptors (Lipinski definition) is 3. The average Bonchev–Trinajstić information content (AvgIpc) is 2.84. The largest absolute Gasteiger partial charge is 0.302 e. The maximum atomic E-state index is 10.7. The minimum absolute atomic E-state index is 0.256. The highest BCUT2D eigenvalue weighted by molar-refractivity contribution is 5.71. The van der Waals surface area contributed by atoms with E-state index in [1.54, 1.807) is 0 Å². The second kappa shape index (κ2) is 2.37. The molecular formula is C9H10N2O. The molecule has 0 unspecified atom stereocenters. The molecule has 1 aromatic heterocycles. The topological polar surface area (TPSA) is 42.9 Å². The van der Waals surface area contributed by atoms with Crippen LogP contribution in [-0.4, -0.2) is 16.3 Å². The maximum Gasteiger partial charge on any atom is 0.132 e. The molecule has 0 bridgehead atoms. The van der Waals surface area contributed by atoms with E-state index in [4.69, 9.17) is 0 Å². The first-order valence-electron chi connectivity index (χ1n) is 4.02. The molecule has 0 saturated heterocycles. The Morgan fingerprint density at radius 1 is 1.50 bits per heavy atom. The molecule has 1 aliphatic carbocycles. The third-order valence-electron chi connectivity index (χ3n) is 2.33. The van der Waals surface area contributed by atoms with Gasteiger partial charge >= 0.3 is 0 Å². The second-order valence-electron chi connectivity index (χ2n) is 3.32. The van der Waals surface area contributed by atoms with Crippen LogP contribution in [0.1, 0.15) is 24.2 Å². The van der Waals surface area contributed by atoms with Crippen LogP contribution in [0.4, 0.5) is 0 Å². The fraction of sp³-hybridized carbons (Fsp3) is 0.444. The fourth-order valence-corrected chi connectivity index (χ4v) is 1.30. The number of carbonyl (C=O) groups is 1. The van der Waals surface area contributed by atoms with E-state index < -0.39 is 0 Å². The van der Waals surface area contributed by atoms with E-state index in [9.17, 15) is 4.79 Å². The summed E-state index contributed by atoms with van der Waals surface area (Å²) in [5, 5.41) is 0. The van der Waals surface area contributed by atoms with Crippen LogP contribution < -0.4 is 0 Å². The van der Waals surface area contributed by atoms with Gasteiger partial charge in [-0.1, -0.05) is 0 Å². The Bertz CT molecular complexity index is 318. The molecule has 0 radical (unpaired) electrons. The Labute approximate surface area is 70.9 Å². The van der Waals surface area contributed by atoms with Crippen molar-refractivity contribution in [1.29, 1.82) is 0 Å². The normalized spacial score (nSPS) is 18.8. The highest BCUT2D eigenvalue weighted by atomic mass is 16.1. The molecule has 2 rings (SSSR count). The molecular weight excluding hydrogens is 152 g/mol. The highest BCUT2D eigenvalue weighted by Gasteiger charge is 2.45. The van der Waals surface area contributed by atoms with E-state index in [1.165, 1.54) is 6.33 Å². The molecule has 1 aromatic rings. The summed E-state index contributed by atoms with van der Waals surface area (Å²) in [4.78, 5) is 18.8. The third-order valence-corrected chi connectivity index (χ3v) is 2.33. The standard InChI is InChI=1S/C9H10N2O/c1-7-4-8(11-6-10-7)9(5-12)2-3-9/h4-6H,2-3H2,1H3. The number of aldehydes is 1. The van der Waals surface area contributed by atoms with Crippen LogP contribution in [0, 0.1) is 6.92 Å². The highest BCUT2D eigenvalue weighted by Crippen LogP contribution is 2.45. The molecule has 3 heteroatoms. The minimum Gasteiger partial charge on any atom is -0.302 e. The fourth-order valence-electron chi connectivity index (χ4n) is 1.30. The van der Waals surface area contributed by atoms with Crippen molar-refractivity contribution >= 4 is 6.29 Å². The van der Waals surface area contributed by atoms with Gasteiger partial charge < -0.3 is 4.79 Å². The lowest BCUT2D eigenvalue weighted by molar-refractivity contribution is -0.109. The van der Waals surface area contributed by atoms with Gasteiger partial charge in [-0.05, 0) is 25.8 Å². The monoisotopic (exact) mass is 162 g/mol. The zero-order valence-corrected chi connectivity index (χ0v) is 6.95. The molecule has 1 saturated carbocycles. The molecule has 12 heavy (non-hydrogen) atoms. The Balaban J connectivity index is 2.40. The number of nitrogens with zero attached hydrogens (tertiary/aromatic N) is 2. The predicted molar refractivity (Wildman–Crippen MR) is 43.7 cm³/mol. The molecule has 62 valence electrons. The molecule has 0 N–H and O–H groups in total. The molecule has 0 amide bonds. The molecule has 0 aliphatic heterocycles. The maximum absolute atomic E-state index is 10.7. The lowest BCUT2D eigenvalue weighted by Crippen LogP contribution is -2.10. The van der Waals surface area contributed by atoms with E-state index in [1.807, 2.05) is 13.0 Å². The molecule has 1 heterocycles. The summed E-state index contributed by atoms with van der Waals surface area (Å²) < 4.78 is 0. The summed E-state index contributed by atoms with van der Waals surface area (Å²) >= 11 is 0. The lowest BCUT2D eigenvalue weighted by atomic mass is 10.0. The zero-order valence-electron chi connectivity index (χ0n) is 6.95. The van der Waals surface area contributed by atoms with Crippen molar-refractivity contribution in [2.24, 2.45) is 0 Å². The first-order valence-corrected chi connectivity index (χ1v) is 4.02. The SMILES string of the molecule is Cc1cc(C2(C=O)CC2)ncn1. The summed E-state index contributed by atoms with van der Waals surface area (Å²) in [5.74, 6) is 0. The van der Waals surface area contributed by atoms with Gasteiger partial charge in [0.25, 0.3) is 0 Å². The molecule has 0 aromatic carbocycles. The zero-order chi connectivity index (χ0) is 8.60. The van der Waals surface area contributed by atoms with E-state index in [0.29, 0.717) is 0 Å². The quantitative estimate of drug-likeness (QED) is 0.609. The lowest BCUT2D eigenvalue weighted by Gasteiger charge is -2.05. The van der Waals surface area contributed by atoms with E-state index in [-0.39, 0.29) is 5.41 Å². The molecule has 0 atom stereocenters. The summed E-state index contributed by atoms with van der Waals surface area (Å²) in [6.07, 6.45) is 4.41. The Morgan fingerprint density at radius 2 is 2.25 bits per heavy atom. The molecule has 3 nitrogen and oxygen atoms in total. The number of rotatable bonds is 2. The van der Waals surface area contributed by atoms with Gasteiger partial charge in [0.05, 0.1) is 11.1 Å². The van der Waals surface area contributed by atoms with Crippen LogP contribution in [0.3, 0.4) is 0 Å². The van der Waals surface area contributed by atoms with Gasteiger partial charge in [-0.3, -0.25) is 0 Å². The van der Waals surface area contributed by atoms with Gasteiger partial charge in [0.2, 0.25) is 0 Å². The van der Waals surface area contributed by atoms with Crippen LogP contribution in [-0.2, 0) is 10.2 Å². The molecule has 1 aliphatic rings. The van der Waals surface area contributed by atoms with E-state index in [2.05, 4.69) is 9.97 Å². The van der Waals surface area contributed by atoms with E-state index in [0.717, 1.165) is 30.5 Å². The van der Waals surface area contributed by atoms with Crippen molar-refractivity contribution in [3.8, 4) is 0 Å².